The van der Waals surface area contributed by atoms with E-state index in [1.54, 1.807) is 14.2 Å². The Kier molecular flexibility index (Phi) is 4.56. The first-order chi connectivity index (χ1) is 9.19. The number of Topliss-reactive ketones (excluding diaryl/α,β-unsaturated/α-hetero) is 1. The summed E-state index contributed by atoms with van der Waals surface area (Å²) in [5.74, 6) is 0.178. The maximum absolute atomic E-state index is 11.6. The largest absolute Gasteiger partial charge is 0.377 e. The Hall–Kier alpha value is -1.39. The van der Waals surface area contributed by atoms with Crippen molar-refractivity contribution in [1.82, 2.24) is 0 Å². The Morgan fingerprint density at radius 2 is 1.68 bits per heavy atom. The van der Waals surface area contributed by atoms with Crippen LogP contribution >= 0.6 is 0 Å². The summed E-state index contributed by atoms with van der Waals surface area (Å²) in [5, 5.41) is 0. The molecule has 0 bridgehead atoms. The first-order valence-corrected chi connectivity index (χ1v) is 6.63. The molecule has 2 unspecified atom stereocenters. The predicted octanol–water partition coefficient (Wildman–Crippen LogP) is 2.13. The second-order valence-electron chi connectivity index (χ2n) is 4.78. The minimum atomic E-state index is 0.0990. The Balaban J connectivity index is 2.09. The zero-order chi connectivity index (χ0) is 13.8. The number of hydrogen-bond donors (Lipinski definition) is 0. The number of carbonyl (C=O) groups excluding carboxylic acids is 1. The number of ether oxygens (including phenoxy) is 2. The number of hydrogen-bond acceptors (Lipinski definition) is 4. The molecular formula is C15H21NO3. The van der Waals surface area contributed by atoms with Gasteiger partial charge >= 0.3 is 0 Å². The molecule has 1 saturated heterocycles. The van der Waals surface area contributed by atoms with E-state index in [-0.39, 0.29) is 18.0 Å². The van der Waals surface area contributed by atoms with Crippen molar-refractivity contribution >= 4 is 11.5 Å². The number of nitrogens with zero attached hydrogens (tertiary/aromatic N) is 1. The molecule has 2 rings (SSSR count). The summed E-state index contributed by atoms with van der Waals surface area (Å²) in [6.45, 7) is 3.51. The molecule has 1 fully saturated rings. The standard InChI is InChI=1S/C15H21NO3/c1-4-13(17)11-5-7-12(8-6-11)16-9-14(18-2)15(10-16)19-3/h5-8,14-15H,4,9-10H2,1-3H3. The predicted molar refractivity (Wildman–Crippen MR) is 74.9 cm³/mol. The molecule has 0 aromatic heterocycles. The van der Waals surface area contributed by atoms with E-state index in [0.29, 0.717) is 6.42 Å². The molecule has 4 heteroatoms. The number of benzene rings is 1. The first kappa shape index (κ1) is 14.0. The van der Waals surface area contributed by atoms with Crippen LogP contribution in [-0.4, -0.2) is 45.3 Å². The summed E-state index contributed by atoms with van der Waals surface area (Å²) in [4.78, 5) is 13.8. The summed E-state index contributed by atoms with van der Waals surface area (Å²) in [5.41, 5.74) is 1.88. The van der Waals surface area contributed by atoms with Gasteiger partial charge in [0.1, 0.15) is 12.2 Å². The van der Waals surface area contributed by atoms with Gasteiger partial charge in [0, 0.05) is 45.0 Å². The molecule has 0 saturated carbocycles. The van der Waals surface area contributed by atoms with Gasteiger partial charge in [-0.1, -0.05) is 6.92 Å². The smallest absolute Gasteiger partial charge is 0.162 e. The number of methoxy groups -OCH3 is 2. The summed E-state index contributed by atoms with van der Waals surface area (Å²) in [7, 11) is 3.42. The summed E-state index contributed by atoms with van der Waals surface area (Å²) in [6.07, 6.45) is 0.740. The fourth-order valence-corrected chi connectivity index (χ4v) is 2.47. The van der Waals surface area contributed by atoms with Crippen LogP contribution in [0.15, 0.2) is 24.3 Å². The van der Waals surface area contributed by atoms with Crippen LogP contribution in [0.3, 0.4) is 0 Å². The molecule has 0 amide bonds. The SMILES string of the molecule is CCC(=O)c1ccc(N2CC(OC)C(OC)C2)cc1. The Morgan fingerprint density at radius 3 is 2.11 bits per heavy atom. The topological polar surface area (TPSA) is 38.8 Å². The third-order valence-electron chi connectivity index (χ3n) is 3.70. The highest BCUT2D eigenvalue weighted by Crippen LogP contribution is 2.24. The average Bonchev–Trinajstić information content (AvgIpc) is 2.89. The molecule has 1 heterocycles. The lowest BCUT2D eigenvalue weighted by Crippen LogP contribution is -2.27. The van der Waals surface area contributed by atoms with Gasteiger partial charge in [-0.25, -0.2) is 0 Å². The van der Waals surface area contributed by atoms with Gasteiger partial charge in [0.05, 0.1) is 0 Å². The summed E-state index contributed by atoms with van der Waals surface area (Å²) in [6, 6.07) is 7.77. The van der Waals surface area contributed by atoms with Crippen molar-refractivity contribution in [2.45, 2.75) is 25.6 Å². The molecule has 1 aliphatic rings. The molecule has 0 aliphatic carbocycles. The van der Waals surface area contributed by atoms with Crippen LogP contribution in [0.4, 0.5) is 5.69 Å². The van der Waals surface area contributed by atoms with Gasteiger partial charge in [-0.2, -0.15) is 0 Å². The van der Waals surface area contributed by atoms with E-state index in [2.05, 4.69) is 4.90 Å². The lowest BCUT2D eigenvalue weighted by atomic mass is 10.1. The van der Waals surface area contributed by atoms with E-state index < -0.39 is 0 Å². The fraction of sp³-hybridized carbons (Fsp3) is 0.533. The molecule has 0 radical (unpaired) electrons. The second kappa shape index (κ2) is 6.17. The van der Waals surface area contributed by atoms with Crippen LogP contribution in [0.25, 0.3) is 0 Å². The van der Waals surface area contributed by atoms with Gasteiger partial charge in [-0.05, 0) is 24.3 Å². The molecule has 0 N–H and O–H groups in total. The second-order valence-corrected chi connectivity index (χ2v) is 4.78. The first-order valence-electron chi connectivity index (χ1n) is 6.63. The highest BCUT2D eigenvalue weighted by atomic mass is 16.5. The maximum Gasteiger partial charge on any atom is 0.162 e. The Labute approximate surface area is 114 Å². The van der Waals surface area contributed by atoms with Crippen molar-refractivity contribution in [3.05, 3.63) is 29.8 Å². The molecule has 1 aromatic carbocycles. The number of anilines is 1. The van der Waals surface area contributed by atoms with E-state index >= 15 is 0 Å². The van der Waals surface area contributed by atoms with Crippen LogP contribution in [0.2, 0.25) is 0 Å². The van der Waals surface area contributed by atoms with Crippen molar-refractivity contribution in [2.24, 2.45) is 0 Å². The van der Waals surface area contributed by atoms with Crippen molar-refractivity contribution in [1.29, 1.82) is 0 Å². The minimum Gasteiger partial charge on any atom is -0.377 e. The third kappa shape index (κ3) is 2.96. The van der Waals surface area contributed by atoms with Crippen molar-refractivity contribution in [2.75, 3.05) is 32.2 Å². The van der Waals surface area contributed by atoms with E-state index in [1.807, 2.05) is 31.2 Å². The van der Waals surface area contributed by atoms with E-state index in [4.69, 9.17) is 9.47 Å². The van der Waals surface area contributed by atoms with Gasteiger partial charge in [0.25, 0.3) is 0 Å². The normalized spacial score (nSPS) is 22.8. The van der Waals surface area contributed by atoms with Crippen LogP contribution in [-0.2, 0) is 9.47 Å². The van der Waals surface area contributed by atoms with Crippen LogP contribution in [0.5, 0.6) is 0 Å². The van der Waals surface area contributed by atoms with Gasteiger partial charge in [-0.15, -0.1) is 0 Å². The van der Waals surface area contributed by atoms with Crippen molar-refractivity contribution in [3.63, 3.8) is 0 Å². The maximum atomic E-state index is 11.6. The van der Waals surface area contributed by atoms with Crippen LogP contribution in [0, 0.1) is 0 Å². The lowest BCUT2D eigenvalue weighted by Gasteiger charge is -2.18. The van der Waals surface area contributed by atoms with E-state index in [9.17, 15) is 4.79 Å². The van der Waals surface area contributed by atoms with Gasteiger partial charge in [0.2, 0.25) is 0 Å². The molecule has 4 nitrogen and oxygen atoms in total. The van der Waals surface area contributed by atoms with E-state index in [1.165, 1.54) is 0 Å². The number of ketones is 1. The average molecular weight is 263 g/mol. The molecule has 1 aromatic rings. The minimum absolute atomic E-state index is 0.0990. The van der Waals surface area contributed by atoms with Gasteiger partial charge in [-0.3, -0.25) is 4.79 Å². The highest BCUT2D eigenvalue weighted by molar-refractivity contribution is 5.96. The highest BCUT2D eigenvalue weighted by Gasteiger charge is 2.32. The van der Waals surface area contributed by atoms with Crippen LogP contribution < -0.4 is 4.90 Å². The fourth-order valence-electron chi connectivity index (χ4n) is 2.47. The number of rotatable bonds is 5. The monoisotopic (exact) mass is 263 g/mol. The molecule has 2 atom stereocenters. The number of carbonyl (C=O) groups is 1. The molecule has 19 heavy (non-hydrogen) atoms. The van der Waals surface area contributed by atoms with Gasteiger partial charge < -0.3 is 14.4 Å². The zero-order valence-corrected chi connectivity index (χ0v) is 11.8. The van der Waals surface area contributed by atoms with Crippen molar-refractivity contribution in [3.8, 4) is 0 Å². The molecular weight excluding hydrogens is 242 g/mol. The Morgan fingerprint density at radius 1 is 1.16 bits per heavy atom. The van der Waals surface area contributed by atoms with Gasteiger partial charge in [0.15, 0.2) is 5.78 Å². The van der Waals surface area contributed by atoms with Crippen LogP contribution in [0.1, 0.15) is 23.7 Å². The quantitative estimate of drug-likeness (QED) is 0.763. The summed E-state index contributed by atoms with van der Waals surface area (Å²) >= 11 is 0. The molecule has 1 aliphatic heterocycles. The third-order valence-corrected chi connectivity index (χ3v) is 3.70. The van der Waals surface area contributed by atoms with E-state index in [0.717, 1.165) is 24.3 Å². The molecule has 0 spiro atoms. The van der Waals surface area contributed by atoms with Crippen molar-refractivity contribution < 1.29 is 14.3 Å². The Bertz CT molecular complexity index is 418. The zero-order valence-electron chi connectivity index (χ0n) is 11.8. The lowest BCUT2D eigenvalue weighted by molar-refractivity contribution is -0.00461. The summed E-state index contributed by atoms with van der Waals surface area (Å²) < 4.78 is 10.8. The molecule has 104 valence electrons.